The Labute approximate surface area is 133 Å². The number of ether oxygens (including phenoxy) is 2. The van der Waals surface area contributed by atoms with Gasteiger partial charge in [-0.25, -0.2) is 0 Å². The lowest BCUT2D eigenvalue weighted by atomic mass is 10.0. The summed E-state index contributed by atoms with van der Waals surface area (Å²) in [6, 6.07) is 5.90. The Hall–Kier alpha value is -2.88. The molecule has 0 radical (unpaired) electrons. The summed E-state index contributed by atoms with van der Waals surface area (Å²) >= 11 is 0. The van der Waals surface area contributed by atoms with Crippen LogP contribution in [0, 0.1) is 27.9 Å². The number of nitro groups is 1. The maximum absolute atomic E-state index is 11.5. The van der Waals surface area contributed by atoms with Crippen LogP contribution < -0.4 is 0 Å². The number of hydrogen-bond donors (Lipinski definition) is 0. The van der Waals surface area contributed by atoms with Crippen LogP contribution in [0.15, 0.2) is 24.3 Å². The molecular weight excluding hydrogens is 302 g/mol. The van der Waals surface area contributed by atoms with Gasteiger partial charge in [-0.15, -0.1) is 0 Å². The molecule has 7 nitrogen and oxygen atoms in total. The SMILES string of the molecule is COC(=O)C(CCCC#Cc1ccc([N+](=O)[O-])cc1)C(=O)OC. The standard InChI is InChI=1S/C16H17NO6/c1-22-15(18)14(16(19)23-2)7-5-3-4-6-12-8-10-13(11-9-12)17(20)21/h8-11,14H,3,5,7H2,1-2H3. The van der Waals surface area contributed by atoms with E-state index in [0.29, 0.717) is 18.4 Å². The van der Waals surface area contributed by atoms with Gasteiger partial charge in [0.15, 0.2) is 5.92 Å². The van der Waals surface area contributed by atoms with Crippen LogP contribution in [0.3, 0.4) is 0 Å². The highest BCUT2D eigenvalue weighted by atomic mass is 16.6. The lowest BCUT2D eigenvalue weighted by Crippen LogP contribution is -2.26. The molecule has 0 aliphatic carbocycles. The molecular formula is C16H17NO6. The van der Waals surface area contributed by atoms with Gasteiger partial charge in [-0.1, -0.05) is 11.8 Å². The van der Waals surface area contributed by atoms with Crippen molar-refractivity contribution in [2.45, 2.75) is 19.3 Å². The van der Waals surface area contributed by atoms with Gasteiger partial charge < -0.3 is 9.47 Å². The van der Waals surface area contributed by atoms with E-state index in [1.165, 1.54) is 26.4 Å². The van der Waals surface area contributed by atoms with Crippen LogP contribution in [-0.4, -0.2) is 31.1 Å². The van der Waals surface area contributed by atoms with Crippen LogP contribution in [0.1, 0.15) is 24.8 Å². The van der Waals surface area contributed by atoms with Gasteiger partial charge >= 0.3 is 11.9 Å². The molecule has 7 heteroatoms. The molecule has 0 N–H and O–H groups in total. The second kappa shape index (κ2) is 9.20. The molecule has 0 unspecified atom stereocenters. The summed E-state index contributed by atoms with van der Waals surface area (Å²) in [5.74, 6) is 3.57. The van der Waals surface area contributed by atoms with Crippen molar-refractivity contribution < 1.29 is 24.0 Å². The fourth-order valence-electron chi connectivity index (χ4n) is 1.84. The third-order valence-electron chi connectivity index (χ3n) is 3.08. The van der Waals surface area contributed by atoms with Crippen molar-refractivity contribution in [1.29, 1.82) is 0 Å². The van der Waals surface area contributed by atoms with Gasteiger partial charge in [-0.05, 0) is 25.0 Å². The van der Waals surface area contributed by atoms with E-state index in [9.17, 15) is 19.7 Å². The Morgan fingerprint density at radius 1 is 1.17 bits per heavy atom. The summed E-state index contributed by atoms with van der Waals surface area (Å²) in [4.78, 5) is 33.0. The van der Waals surface area contributed by atoms with Gasteiger partial charge in [0, 0.05) is 24.1 Å². The van der Waals surface area contributed by atoms with Gasteiger partial charge in [0.05, 0.1) is 19.1 Å². The van der Waals surface area contributed by atoms with E-state index in [-0.39, 0.29) is 12.1 Å². The highest BCUT2D eigenvalue weighted by Crippen LogP contribution is 2.13. The Bertz CT molecular complexity index is 610. The quantitative estimate of drug-likeness (QED) is 0.199. The van der Waals surface area contributed by atoms with Crippen molar-refractivity contribution >= 4 is 17.6 Å². The number of non-ortho nitro benzene ring substituents is 1. The monoisotopic (exact) mass is 319 g/mol. The molecule has 0 amide bonds. The number of rotatable bonds is 6. The van der Waals surface area contributed by atoms with E-state index in [2.05, 4.69) is 21.3 Å². The number of carbonyl (C=O) groups is 2. The molecule has 1 aromatic rings. The summed E-state index contributed by atoms with van der Waals surface area (Å²) in [6.07, 6.45) is 1.28. The molecule has 23 heavy (non-hydrogen) atoms. The highest BCUT2D eigenvalue weighted by molar-refractivity contribution is 5.94. The Morgan fingerprint density at radius 2 is 1.74 bits per heavy atom. The molecule has 0 bridgehead atoms. The number of unbranched alkanes of at least 4 members (excludes halogenated alkanes) is 1. The van der Waals surface area contributed by atoms with Crippen molar-refractivity contribution in [2.75, 3.05) is 14.2 Å². The Morgan fingerprint density at radius 3 is 2.22 bits per heavy atom. The number of methoxy groups -OCH3 is 2. The second-order valence-electron chi connectivity index (χ2n) is 4.60. The largest absolute Gasteiger partial charge is 0.468 e. The van der Waals surface area contributed by atoms with Crippen LogP contribution in [0.4, 0.5) is 5.69 Å². The summed E-state index contributed by atoms with van der Waals surface area (Å²) in [7, 11) is 2.43. The first-order chi connectivity index (χ1) is 11.0. The van der Waals surface area contributed by atoms with E-state index in [4.69, 9.17) is 0 Å². The topological polar surface area (TPSA) is 95.7 Å². The van der Waals surface area contributed by atoms with Gasteiger partial charge in [0.1, 0.15) is 0 Å². The molecule has 0 saturated carbocycles. The first kappa shape index (κ1) is 18.2. The van der Waals surface area contributed by atoms with E-state index >= 15 is 0 Å². The lowest BCUT2D eigenvalue weighted by Gasteiger charge is -2.10. The molecule has 0 heterocycles. The van der Waals surface area contributed by atoms with Gasteiger partial charge in [-0.3, -0.25) is 19.7 Å². The minimum atomic E-state index is -0.939. The number of nitro benzene ring substituents is 1. The average molecular weight is 319 g/mol. The summed E-state index contributed by atoms with van der Waals surface area (Å²) in [5, 5.41) is 10.5. The Kier molecular flexibility index (Phi) is 7.27. The molecule has 0 aliphatic heterocycles. The van der Waals surface area contributed by atoms with E-state index in [0.717, 1.165) is 0 Å². The molecule has 0 saturated heterocycles. The smallest absolute Gasteiger partial charge is 0.320 e. The fraction of sp³-hybridized carbons (Fsp3) is 0.375. The number of nitrogens with zero attached hydrogens (tertiary/aromatic N) is 1. The predicted octanol–water partition coefficient (Wildman–Crippen LogP) is 2.08. The zero-order valence-corrected chi connectivity index (χ0v) is 12.9. The maximum Gasteiger partial charge on any atom is 0.320 e. The second-order valence-corrected chi connectivity index (χ2v) is 4.60. The minimum Gasteiger partial charge on any atom is -0.468 e. The van der Waals surface area contributed by atoms with E-state index < -0.39 is 22.8 Å². The zero-order chi connectivity index (χ0) is 17.2. The minimum absolute atomic E-state index is 0.00884. The lowest BCUT2D eigenvalue weighted by molar-refractivity contribution is -0.384. The summed E-state index contributed by atoms with van der Waals surface area (Å²) in [5.41, 5.74) is 0.669. The normalized spacial score (nSPS) is 9.70. The molecule has 122 valence electrons. The number of esters is 2. The van der Waals surface area contributed by atoms with Crippen molar-refractivity contribution in [1.82, 2.24) is 0 Å². The molecule has 0 aromatic heterocycles. The molecule has 0 fully saturated rings. The maximum atomic E-state index is 11.5. The molecule has 1 rings (SSSR count). The van der Waals surface area contributed by atoms with E-state index in [1.54, 1.807) is 12.1 Å². The average Bonchev–Trinajstić information content (AvgIpc) is 2.57. The molecule has 1 aromatic carbocycles. The van der Waals surface area contributed by atoms with Gasteiger partial charge in [-0.2, -0.15) is 0 Å². The van der Waals surface area contributed by atoms with Crippen molar-refractivity contribution in [2.24, 2.45) is 5.92 Å². The van der Waals surface area contributed by atoms with Gasteiger partial charge in [0.2, 0.25) is 0 Å². The van der Waals surface area contributed by atoms with Crippen LogP contribution in [0.2, 0.25) is 0 Å². The zero-order valence-electron chi connectivity index (χ0n) is 12.9. The van der Waals surface area contributed by atoms with Crippen molar-refractivity contribution in [3.05, 3.63) is 39.9 Å². The molecule has 0 aliphatic rings. The number of benzene rings is 1. The fourth-order valence-corrected chi connectivity index (χ4v) is 1.84. The predicted molar refractivity (Wildman–Crippen MR) is 81.3 cm³/mol. The highest BCUT2D eigenvalue weighted by Gasteiger charge is 2.27. The van der Waals surface area contributed by atoms with Crippen molar-refractivity contribution in [3.63, 3.8) is 0 Å². The van der Waals surface area contributed by atoms with Gasteiger partial charge in [0.25, 0.3) is 5.69 Å². The third kappa shape index (κ3) is 5.79. The summed E-state index contributed by atoms with van der Waals surface area (Å²) < 4.78 is 9.12. The third-order valence-corrected chi connectivity index (χ3v) is 3.08. The van der Waals surface area contributed by atoms with Crippen LogP contribution in [0.25, 0.3) is 0 Å². The molecule has 0 atom stereocenters. The van der Waals surface area contributed by atoms with Crippen molar-refractivity contribution in [3.8, 4) is 11.8 Å². The number of carbonyl (C=O) groups excluding carboxylic acids is 2. The van der Waals surface area contributed by atoms with Crippen LogP contribution in [-0.2, 0) is 19.1 Å². The molecule has 0 spiro atoms. The van der Waals surface area contributed by atoms with Crippen LogP contribution in [0.5, 0.6) is 0 Å². The Balaban J connectivity index is 2.51. The first-order valence-corrected chi connectivity index (χ1v) is 6.88. The van der Waals surface area contributed by atoms with E-state index in [1.807, 2.05) is 0 Å². The first-order valence-electron chi connectivity index (χ1n) is 6.88. The summed E-state index contributed by atoms with van der Waals surface area (Å²) in [6.45, 7) is 0. The number of hydrogen-bond acceptors (Lipinski definition) is 6. The van der Waals surface area contributed by atoms with Crippen LogP contribution >= 0.6 is 0 Å².